The molecule has 0 heterocycles. The van der Waals surface area contributed by atoms with Gasteiger partial charge < -0.3 is 9.64 Å². The highest BCUT2D eigenvalue weighted by molar-refractivity contribution is 9.10. The number of amides is 1. The zero-order chi connectivity index (χ0) is 16.0. The van der Waals surface area contributed by atoms with Crippen molar-refractivity contribution in [1.29, 1.82) is 0 Å². The first kappa shape index (κ1) is 17.8. The van der Waals surface area contributed by atoms with Crippen LogP contribution in [0, 0.1) is 0 Å². The molecule has 0 aliphatic carbocycles. The summed E-state index contributed by atoms with van der Waals surface area (Å²) in [7, 11) is -2.35. The molecule has 0 saturated heterocycles. The van der Waals surface area contributed by atoms with E-state index in [1.807, 2.05) is 0 Å². The van der Waals surface area contributed by atoms with Gasteiger partial charge in [0, 0.05) is 30.2 Å². The third-order valence-electron chi connectivity index (χ3n) is 2.65. The second-order valence-corrected chi connectivity index (χ2v) is 6.73. The van der Waals surface area contributed by atoms with Crippen LogP contribution in [0.1, 0.15) is 10.4 Å². The average molecular weight is 377 g/mol. The Balaban J connectivity index is 3.15. The van der Waals surface area contributed by atoms with Gasteiger partial charge in [0.25, 0.3) is 5.91 Å². The highest BCUT2D eigenvalue weighted by Crippen LogP contribution is 2.20. The van der Waals surface area contributed by atoms with Gasteiger partial charge in [-0.2, -0.15) is 0 Å². The minimum absolute atomic E-state index is 0.120. The van der Waals surface area contributed by atoms with Crippen molar-refractivity contribution in [2.75, 3.05) is 26.8 Å². The summed E-state index contributed by atoms with van der Waals surface area (Å²) < 4.78 is 28.3. The second kappa shape index (κ2) is 7.69. The fourth-order valence-corrected chi connectivity index (χ4v) is 2.89. The number of primary sulfonamides is 1. The molecule has 0 fully saturated rings. The molecule has 1 rings (SSSR count). The molecule has 0 aliphatic heterocycles. The SMILES string of the molecule is C=CCN(CCOC)C(=O)c1cc(Br)cc(S(N)(=O)=O)c1. The summed E-state index contributed by atoms with van der Waals surface area (Å²) in [4.78, 5) is 13.8. The molecule has 6 nitrogen and oxygen atoms in total. The van der Waals surface area contributed by atoms with Crippen LogP contribution in [0.4, 0.5) is 0 Å². The van der Waals surface area contributed by atoms with E-state index in [0.29, 0.717) is 24.2 Å². The lowest BCUT2D eigenvalue weighted by molar-refractivity contribution is 0.0718. The summed E-state index contributed by atoms with van der Waals surface area (Å²) in [6, 6.07) is 4.14. The normalized spacial score (nSPS) is 11.2. The molecule has 0 radical (unpaired) electrons. The number of benzene rings is 1. The van der Waals surface area contributed by atoms with Crippen molar-refractivity contribution < 1.29 is 17.9 Å². The molecule has 0 aromatic heterocycles. The molecule has 0 atom stereocenters. The van der Waals surface area contributed by atoms with Gasteiger partial charge in [-0.3, -0.25) is 4.79 Å². The Hall–Kier alpha value is -1.22. The van der Waals surface area contributed by atoms with Gasteiger partial charge in [0.1, 0.15) is 0 Å². The molecule has 8 heteroatoms. The molecule has 0 spiro atoms. The number of carbonyl (C=O) groups is 1. The van der Waals surface area contributed by atoms with Gasteiger partial charge in [0.2, 0.25) is 10.0 Å². The van der Waals surface area contributed by atoms with Crippen LogP contribution in [-0.2, 0) is 14.8 Å². The molecular formula is C13H17BrN2O4S. The first-order chi connectivity index (χ1) is 9.79. The summed E-state index contributed by atoms with van der Waals surface area (Å²) in [5.74, 6) is -0.321. The van der Waals surface area contributed by atoms with Crippen molar-refractivity contribution in [2.45, 2.75) is 4.90 Å². The number of carbonyl (C=O) groups excluding carboxylic acids is 1. The number of rotatable bonds is 7. The van der Waals surface area contributed by atoms with Crippen LogP contribution in [0.5, 0.6) is 0 Å². The van der Waals surface area contributed by atoms with Crippen molar-refractivity contribution >= 4 is 31.9 Å². The smallest absolute Gasteiger partial charge is 0.254 e. The van der Waals surface area contributed by atoms with E-state index in [2.05, 4.69) is 22.5 Å². The van der Waals surface area contributed by atoms with E-state index in [4.69, 9.17) is 9.88 Å². The van der Waals surface area contributed by atoms with Crippen LogP contribution in [-0.4, -0.2) is 46.0 Å². The quantitative estimate of drug-likeness (QED) is 0.727. The third kappa shape index (κ3) is 5.24. The van der Waals surface area contributed by atoms with Crippen LogP contribution >= 0.6 is 15.9 Å². The largest absolute Gasteiger partial charge is 0.383 e. The van der Waals surface area contributed by atoms with E-state index in [1.165, 1.54) is 24.1 Å². The fourth-order valence-electron chi connectivity index (χ4n) is 1.67. The lowest BCUT2D eigenvalue weighted by Crippen LogP contribution is -2.34. The van der Waals surface area contributed by atoms with Crippen LogP contribution in [0.2, 0.25) is 0 Å². The van der Waals surface area contributed by atoms with Gasteiger partial charge in [-0.25, -0.2) is 13.6 Å². The van der Waals surface area contributed by atoms with Crippen LogP contribution in [0.3, 0.4) is 0 Å². The summed E-state index contributed by atoms with van der Waals surface area (Å²) in [5, 5.41) is 5.10. The predicted molar refractivity (Wildman–Crippen MR) is 83.5 cm³/mol. The first-order valence-corrected chi connectivity index (χ1v) is 8.36. The third-order valence-corrected chi connectivity index (χ3v) is 4.00. The van der Waals surface area contributed by atoms with Crippen molar-refractivity contribution in [3.05, 3.63) is 40.9 Å². The van der Waals surface area contributed by atoms with E-state index in [9.17, 15) is 13.2 Å². The highest BCUT2D eigenvalue weighted by atomic mass is 79.9. The standard InChI is InChI=1S/C13H17BrN2O4S/c1-3-4-16(5-6-20-2)13(17)10-7-11(14)9-12(8-10)21(15,18)19/h3,7-9H,1,4-6H2,2H3,(H2,15,18,19). The number of hydrogen-bond acceptors (Lipinski definition) is 4. The first-order valence-electron chi connectivity index (χ1n) is 6.02. The molecule has 1 amide bonds. The van der Waals surface area contributed by atoms with Crippen molar-refractivity contribution in [2.24, 2.45) is 5.14 Å². The van der Waals surface area contributed by atoms with Gasteiger partial charge in [-0.1, -0.05) is 22.0 Å². The molecule has 1 aromatic rings. The van der Waals surface area contributed by atoms with Gasteiger partial charge >= 0.3 is 0 Å². The Morgan fingerprint density at radius 2 is 2.14 bits per heavy atom. The Morgan fingerprint density at radius 3 is 2.67 bits per heavy atom. The summed E-state index contributed by atoms with van der Waals surface area (Å²) >= 11 is 3.18. The topological polar surface area (TPSA) is 89.7 Å². The maximum atomic E-state index is 12.4. The summed E-state index contributed by atoms with van der Waals surface area (Å²) in [5.41, 5.74) is 0.228. The zero-order valence-corrected chi connectivity index (χ0v) is 14.0. The average Bonchev–Trinajstić information content (AvgIpc) is 2.41. The Morgan fingerprint density at radius 1 is 1.48 bits per heavy atom. The fraction of sp³-hybridized carbons (Fsp3) is 0.308. The lowest BCUT2D eigenvalue weighted by atomic mass is 10.2. The number of sulfonamides is 1. The molecule has 0 bridgehead atoms. The number of nitrogens with two attached hydrogens (primary N) is 1. The summed E-state index contributed by atoms with van der Waals surface area (Å²) in [6.45, 7) is 4.68. The Bertz CT molecular complexity index is 631. The Labute approximate surface area is 132 Å². The molecule has 0 saturated carbocycles. The van der Waals surface area contributed by atoms with Crippen LogP contribution in [0.15, 0.2) is 40.2 Å². The minimum atomic E-state index is -3.88. The molecule has 21 heavy (non-hydrogen) atoms. The van der Waals surface area contributed by atoms with Gasteiger partial charge in [0.15, 0.2) is 0 Å². The maximum Gasteiger partial charge on any atom is 0.254 e. The van der Waals surface area contributed by atoms with E-state index in [-0.39, 0.29) is 16.4 Å². The van der Waals surface area contributed by atoms with E-state index >= 15 is 0 Å². The monoisotopic (exact) mass is 376 g/mol. The number of methoxy groups -OCH3 is 1. The zero-order valence-electron chi connectivity index (χ0n) is 11.6. The van der Waals surface area contributed by atoms with Crippen LogP contribution < -0.4 is 5.14 Å². The number of ether oxygens (including phenoxy) is 1. The molecule has 2 N–H and O–H groups in total. The second-order valence-electron chi connectivity index (χ2n) is 4.25. The predicted octanol–water partition coefficient (Wildman–Crippen LogP) is 1.37. The van der Waals surface area contributed by atoms with Crippen molar-refractivity contribution in [3.63, 3.8) is 0 Å². The number of hydrogen-bond donors (Lipinski definition) is 1. The van der Waals surface area contributed by atoms with E-state index in [0.717, 1.165) is 0 Å². The molecule has 1 aromatic carbocycles. The number of halogens is 1. The van der Waals surface area contributed by atoms with Gasteiger partial charge in [-0.15, -0.1) is 6.58 Å². The maximum absolute atomic E-state index is 12.4. The molecule has 0 unspecified atom stereocenters. The van der Waals surface area contributed by atoms with Crippen molar-refractivity contribution in [1.82, 2.24) is 4.90 Å². The Kier molecular flexibility index (Phi) is 6.53. The van der Waals surface area contributed by atoms with Crippen molar-refractivity contribution in [3.8, 4) is 0 Å². The number of nitrogens with zero attached hydrogens (tertiary/aromatic N) is 1. The summed E-state index contributed by atoms with van der Waals surface area (Å²) in [6.07, 6.45) is 1.59. The van der Waals surface area contributed by atoms with E-state index in [1.54, 1.807) is 12.1 Å². The van der Waals surface area contributed by atoms with Crippen LogP contribution in [0.25, 0.3) is 0 Å². The molecular weight excluding hydrogens is 360 g/mol. The molecule has 116 valence electrons. The highest BCUT2D eigenvalue weighted by Gasteiger charge is 2.18. The minimum Gasteiger partial charge on any atom is -0.383 e. The van der Waals surface area contributed by atoms with Gasteiger partial charge in [0.05, 0.1) is 11.5 Å². The lowest BCUT2D eigenvalue weighted by Gasteiger charge is -2.21. The van der Waals surface area contributed by atoms with E-state index < -0.39 is 10.0 Å². The van der Waals surface area contributed by atoms with Gasteiger partial charge in [-0.05, 0) is 18.2 Å². The molecule has 0 aliphatic rings.